The SMILES string of the molecule is COc1ccc(OC)c(C2C(=C(O)c3ccccc3)C(=O)C(=O)N2c2ccc(F)cc2)c1. The van der Waals surface area contributed by atoms with Crippen LogP contribution in [-0.4, -0.2) is 31.0 Å². The topological polar surface area (TPSA) is 76.1 Å². The second kappa shape index (κ2) is 8.55. The van der Waals surface area contributed by atoms with Crippen molar-refractivity contribution in [2.24, 2.45) is 0 Å². The summed E-state index contributed by atoms with van der Waals surface area (Å²) in [5.74, 6) is -1.63. The molecular formula is C25H20FNO5. The summed E-state index contributed by atoms with van der Waals surface area (Å²) in [5, 5.41) is 11.1. The predicted molar refractivity (Wildman–Crippen MR) is 117 cm³/mol. The maximum Gasteiger partial charge on any atom is 0.300 e. The number of aliphatic hydroxyl groups is 1. The van der Waals surface area contributed by atoms with Gasteiger partial charge < -0.3 is 14.6 Å². The molecule has 1 aliphatic rings. The van der Waals surface area contributed by atoms with Gasteiger partial charge in [0.1, 0.15) is 23.1 Å². The van der Waals surface area contributed by atoms with Crippen LogP contribution in [0.15, 0.2) is 78.4 Å². The van der Waals surface area contributed by atoms with Crippen LogP contribution in [0.5, 0.6) is 11.5 Å². The van der Waals surface area contributed by atoms with Crippen molar-refractivity contribution < 1.29 is 28.6 Å². The largest absolute Gasteiger partial charge is 0.507 e. The summed E-state index contributed by atoms with van der Waals surface area (Å²) in [6, 6.07) is 17.7. The van der Waals surface area contributed by atoms with Crippen molar-refractivity contribution in [2.75, 3.05) is 19.1 Å². The molecule has 7 heteroatoms. The van der Waals surface area contributed by atoms with Gasteiger partial charge in [-0.3, -0.25) is 14.5 Å². The summed E-state index contributed by atoms with van der Waals surface area (Å²) in [4.78, 5) is 27.5. The first-order valence-corrected chi connectivity index (χ1v) is 9.80. The third kappa shape index (κ3) is 3.58. The predicted octanol–water partition coefficient (Wildman–Crippen LogP) is 4.47. The highest BCUT2D eigenvalue weighted by atomic mass is 19.1. The molecule has 162 valence electrons. The molecule has 6 nitrogen and oxygen atoms in total. The number of benzene rings is 3. The van der Waals surface area contributed by atoms with Crippen LogP contribution in [0, 0.1) is 5.82 Å². The van der Waals surface area contributed by atoms with Crippen molar-refractivity contribution >= 4 is 23.1 Å². The van der Waals surface area contributed by atoms with Crippen LogP contribution in [0.25, 0.3) is 5.76 Å². The number of halogens is 1. The molecule has 1 fully saturated rings. The number of amides is 1. The Hall–Kier alpha value is -4.13. The van der Waals surface area contributed by atoms with Gasteiger partial charge in [0, 0.05) is 16.8 Å². The zero-order valence-electron chi connectivity index (χ0n) is 17.4. The number of ketones is 1. The van der Waals surface area contributed by atoms with Gasteiger partial charge in [0.2, 0.25) is 0 Å². The number of hydrogen-bond acceptors (Lipinski definition) is 5. The summed E-state index contributed by atoms with van der Waals surface area (Å²) in [6.07, 6.45) is 0. The van der Waals surface area contributed by atoms with E-state index in [0.29, 0.717) is 28.3 Å². The van der Waals surface area contributed by atoms with Crippen molar-refractivity contribution in [3.63, 3.8) is 0 Å². The fourth-order valence-corrected chi connectivity index (χ4v) is 3.80. The number of methoxy groups -OCH3 is 2. The quantitative estimate of drug-likeness (QED) is 0.365. The Morgan fingerprint density at radius 1 is 0.938 bits per heavy atom. The first-order valence-electron chi connectivity index (χ1n) is 9.80. The van der Waals surface area contributed by atoms with Crippen molar-refractivity contribution in [1.29, 1.82) is 0 Å². The highest BCUT2D eigenvalue weighted by Crippen LogP contribution is 2.45. The molecule has 32 heavy (non-hydrogen) atoms. The number of carbonyl (C=O) groups excluding carboxylic acids is 2. The van der Waals surface area contributed by atoms with Crippen LogP contribution >= 0.6 is 0 Å². The Morgan fingerprint density at radius 2 is 1.62 bits per heavy atom. The molecule has 1 amide bonds. The van der Waals surface area contributed by atoms with Crippen LogP contribution in [-0.2, 0) is 9.59 Å². The van der Waals surface area contributed by atoms with Crippen LogP contribution in [0.4, 0.5) is 10.1 Å². The van der Waals surface area contributed by atoms with Gasteiger partial charge >= 0.3 is 0 Å². The van der Waals surface area contributed by atoms with E-state index in [4.69, 9.17) is 9.47 Å². The molecule has 1 unspecified atom stereocenters. The molecule has 1 aliphatic heterocycles. The number of rotatable bonds is 5. The van der Waals surface area contributed by atoms with E-state index in [0.717, 1.165) is 0 Å². The minimum atomic E-state index is -1.02. The standard InChI is InChI=1S/C25H20FNO5/c1-31-18-12-13-20(32-2)19(14-18)22-21(23(28)15-6-4-3-5-7-15)24(29)25(30)27(22)17-10-8-16(26)9-11-17/h3-14,22,28H,1-2H3. The first-order chi connectivity index (χ1) is 15.5. The molecule has 3 aromatic carbocycles. The molecule has 1 saturated heterocycles. The molecule has 4 rings (SSSR count). The molecule has 1 N–H and O–H groups in total. The zero-order chi connectivity index (χ0) is 22.8. The van der Waals surface area contributed by atoms with Crippen molar-refractivity contribution in [2.45, 2.75) is 6.04 Å². The second-order valence-corrected chi connectivity index (χ2v) is 7.12. The number of hydrogen-bond donors (Lipinski definition) is 1. The summed E-state index contributed by atoms with van der Waals surface area (Å²) in [5.41, 5.74) is 1.02. The van der Waals surface area contributed by atoms with Gasteiger partial charge in [-0.15, -0.1) is 0 Å². The Balaban J connectivity index is 2.01. The number of Topliss-reactive ketones (excluding diaryl/α,β-unsaturated/α-hetero) is 1. The van der Waals surface area contributed by atoms with Gasteiger partial charge in [0.15, 0.2) is 0 Å². The molecular weight excluding hydrogens is 413 g/mol. The monoisotopic (exact) mass is 433 g/mol. The van der Waals surface area contributed by atoms with Gasteiger partial charge in [-0.05, 0) is 42.5 Å². The third-order valence-electron chi connectivity index (χ3n) is 5.33. The summed E-state index contributed by atoms with van der Waals surface area (Å²) in [6.45, 7) is 0. The van der Waals surface area contributed by atoms with Gasteiger partial charge in [-0.2, -0.15) is 0 Å². The van der Waals surface area contributed by atoms with E-state index >= 15 is 0 Å². The Kier molecular flexibility index (Phi) is 5.64. The molecule has 1 atom stereocenters. The lowest BCUT2D eigenvalue weighted by Crippen LogP contribution is -2.29. The molecule has 1 heterocycles. The van der Waals surface area contributed by atoms with Crippen LogP contribution < -0.4 is 14.4 Å². The van der Waals surface area contributed by atoms with Crippen molar-refractivity contribution in [3.05, 3.63) is 95.3 Å². The lowest BCUT2D eigenvalue weighted by atomic mass is 9.94. The normalized spacial score (nSPS) is 17.5. The van der Waals surface area contributed by atoms with Gasteiger partial charge in [0.25, 0.3) is 11.7 Å². The van der Waals surface area contributed by atoms with E-state index < -0.39 is 23.5 Å². The average molecular weight is 433 g/mol. The van der Waals surface area contributed by atoms with E-state index in [1.54, 1.807) is 48.5 Å². The number of ether oxygens (including phenoxy) is 2. The van der Waals surface area contributed by atoms with E-state index in [1.807, 2.05) is 0 Å². The molecule has 0 aromatic heterocycles. The van der Waals surface area contributed by atoms with Crippen LogP contribution in [0.2, 0.25) is 0 Å². The van der Waals surface area contributed by atoms with Crippen LogP contribution in [0.1, 0.15) is 17.2 Å². The summed E-state index contributed by atoms with van der Waals surface area (Å²) in [7, 11) is 2.96. The first kappa shape index (κ1) is 21.1. The highest BCUT2D eigenvalue weighted by Gasteiger charge is 2.48. The zero-order valence-corrected chi connectivity index (χ0v) is 17.4. The second-order valence-electron chi connectivity index (χ2n) is 7.12. The number of carbonyl (C=O) groups is 2. The number of nitrogens with zero attached hydrogens (tertiary/aromatic N) is 1. The summed E-state index contributed by atoms with van der Waals surface area (Å²) < 4.78 is 24.4. The molecule has 0 saturated carbocycles. The van der Waals surface area contributed by atoms with E-state index in [-0.39, 0.29) is 11.3 Å². The van der Waals surface area contributed by atoms with Crippen molar-refractivity contribution in [1.82, 2.24) is 0 Å². The Bertz CT molecular complexity index is 1200. The maximum absolute atomic E-state index is 13.6. The van der Waals surface area contributed by atoms with E-state index in [9.17, 15) is 19.1 Å². The molecule has 3 aromatic rings. The van der Waals surface area contributed by atoms with Gasteiger partial charge in [-0.25, -0.2) is 4.39 Å². The van der Waals surface area contributed by atoms with Gasteiger partial charge in [0.05, 0.1) is 25.8 Å². The summed E-state index contributed by atoms with van der Waals surface area (Å²) >= 11 is 0. The van der Waals surface area contributed by atoms with E-state index in [2.05, 4.69) is 0 Å². The fourth-order valence-electron chi connectivity index (χ4n) is 3.80. The third-order valence-corrected chi connectivity index (χ3v) is 5.33. The Morgan fingerprint density at radius 3 is 2.25 bits per heavy atom. The van der Waals surface area contributed by atoms with Crippen molar-refractivity contribution in [3.8, 4) is 11.5 Å². The Labute approximate surface area is 184 Å². The maximum atomic E-state index is 13.6. The molecule has 0 bridgehead atoms. The number of anilines is 1. The van der Waals surface area contributed by atoms with Gasteiger partial charge in [-0.1, -0.05) is 30.3 Å². The average Bonchev–Trinajstić information content (AvgIpc) is 3.09. The number of aliphatic hydroxyl groups excluding tert-OH is 1. The lowest BCUT2D eigenvalue weighted by Gasteiger charge is -2.27. The lowest BCUT2D eigenvalue weighted by molar-refractivity contribution is -0.132. The smallest absolute Gasteiger partial charge is 0.300 e. The molecule has 0 spiro atoms. The fraction of sp³-hybridized carbons (Fsp3) is 0.120. The minimum absolute atomic E-state index is 0.0999. The minimum Gasteiger partial charge on any atom is -0.507 e. The van der Waals surface area contributed by atoms with Crippen LogP contribution in [0.3, 0.4) is 0 Å². The highest BCUT2D eigenvalue weighted by molar-refractivity contribution is 6.51. The van der Waals surface area contributed by atoms with E-state index in [1.165, 1.54) is 43.4 Å². The molecule has 0 aliphatic carbocycles. The molecule has 0 radical (unpaired) electrons.